The lowest BCUT2D eigenvalue weighted by Crippen LogP contribution is -2.54. The Balaban J connectivity index is 1.33. The molecule has 29 heavy (non-hydrogen) atoms. The number of nitrogens with zero attached hydrogens (tertiary/aromatic N) is 4. The van der Waals surface area contributed by atoms with Gasteiger partial charge >= 0.3 is 6.03 Å². The van der Waals surface area contributed by atoms with Gasteiger partial charge in [0.25, 0.3) is 0 Å². The maximum absolute atomic E-state index is 12.8. The zero-order chi connectivity index (χ0) is 20.1. The summed E-state index contributed by atoms with van der Waals surface area (Å²) in [4.78, 5) is 26.0. The van der Waals surface area contributed by atoms with Crippen LogP contribution in [-0.4, -0.2) is 47.1 Å². The van der Waals surface area contributed by atoms with Crippen LogP contribution < -0.4 is 10.2 Å². The summed E-state index contributed by atoms with van der Waals surface area (Å²) >= 11 is 0. The van der Waals surface area contributed by atoms with E-state index in [1.807, 2.05) is 17.3 Å². The largest absolute Gasteiger partial charge is 0.330 e. The van der Waals surface area contributed by atoms with Crippen LogP contribution in [0.2, 0.25) is 0 Å². The van der Waals surface area contributed by atoms with Crippen LogP contribution in [0.4, 0.5) is 10.5 Å². The highest BCUT2D eigenvalue weighted by Gasteiger charge is 2.50. The molecule has 2 amide bonds. The number of carbonyl (C=O) groups excluding carboxylic acids is 1. The third kappa shape index (κ3) is 3.19. The Labute approximate surface area is 172 Å². The first-order valence-electron chi connectivity index (χ1n) is 10.7. The van der Waals surface area contributed by atoms with E-state index in [9.17, 15) is 4.79 Å². The van der Waals surface area contributed by atoms with Gasteiger partial charge in [0.1, 0.15) is 5.82 Å². The third-order valence-corrected chi connectivity index (χ3v) is 7.19. The van der Waals surface area contributed by atoms with E-state index in [0.717, 1.165) is 37.2 Å². The van der Waals surface area contributed by atoms with Gasteiger partial charge in [0.05, 0.1) is 30.2 Å². The topological polar surface area (TPSA) is 61.4 Å². The molecule has 1 N–H and O–H groups in total. The van der Waals surface area contributed by atoms with Gasteiger partial charge in [0.2, 0.25) is 0 Å². The summed E-state index contributed by atoms with van der Waals surface area (Å²) in [5.74, 6) is 1.44. The molecule has 2 saturated carbocycles. The van der Waals surface area contributed by atoms with Crippen molar-refractivity contribution in [2.24, 2.45) is 0 Å². The van der Waals surface area contributed by atoms with Crippen molar-refractivity contribution in [2.45, 2.75) is 55.5 Å². The molecule has 1 spiro atoms. The Morgan fingerprint density at radius 1 is 1.03 bits per heavy atom. The van der Waals surface area contributed by atoms with Crippen molar-refractivity contribution in [3.63, 3.8) is 0 Å². The minimum Gasteiger partial charge on any atom is -0.330 e. The Kier molecular flexibility index (Phi) is 4.35. The van der Waals surface area contributed by atoms with E-state index in [2.05, 4.69) is 64.6 Å². The number of nitrogens with one attached hydrogen (secondary N) is 1. The van der Waals surface area contributed by atoms with Crippen LogP contribution in [0.3, 0.4) is 0 Å². The number of aromatic nitrogens is 2. The van der Waals surface area contributed by atoms with Gasteiger partial charge < -0.3 is 5.32 Å². The number of anilines is 1. The molecule has 2 heterocycles. The summed E-state index contributed by atoms with van der Waals surface area (Å²) < 4.78 is 0. The van der Waals surface area contributed by atoms with Crippen LogP contribution >= 0.6 is 0 Å². The minimum atomic E-state index is -0.166. The van der Waals surface area contributed by atoms with E-state index in [1.165, 1.54) is 18.4 Å². The smallest absolute Gasteiger partial charge is 0.322 e. The molecule has 1 saturated heterocycles. The molecule has 0 atom stereocenters. The molecular formula is C23H29N5O. The lowest BCUT2D eigenvalue weighted by atomic mass is 9.69. The van der Waals surface area contributed by atoms with E-state index in [4.69, 9.17) is 0 Å². The summed E-state index contributed by atoms with van der Waals surface area (Å²) in [7, 11) is 4.34. The lowest BCUT2D eigenvalue weighted by Gasteiger charge is -2.48. The summed E-state index contributed by atoms with van der Waals surface area (Å²) in [5, 5.41) is 3.31. The maximum atomic E-state index is 12.8. The molecule has 6 nitrogen and oxygen atoms in total. The first kappa shape index (κ1) is 18.6. The maximum Gasteiger partial charge on any atom is 0.322 e. The number of hydrogen-bond donors (Lipinski definition) is 1. The fourth-order valence-corrected chi connectivity index (χ4v) is 5.11. The fraction of sp³-hybridized carbons (Fsp3) is 0.522. The SMILES string of the molecule is CN(C)[C@]1(c2ccccc2)CC[C@@]2(CC1)CN(c1cnc(C3CC3)nc1)C(=O)N2. The van der Waals surface area contributed by atoms with Gasteiger partial charge in [-0.3, -0.25) is 9.80 Å². The van der Waals surface area contributed by atoms with Gasteiger partial charge in [0, 0.05) is 11.5 Å². The molecule has 5 rings (SSSR count). The summed E-state index contributed by atoms with van der Waals surface area (Å²) in [5.41, 5.74) is 2.03. The van der Waals surface area contributed by atoms with Gasteiger partial charge in [-0.2, -0.15) is 0 Å². The Hall–Kier alpha value is -2.47. The summed E-state index contributed by atoms with van der Waals surface area (Å²) in [6.07, 6.45) is 9.97. The lowest BCUT2D eigenvalue weighted by molar-refractivity contribution is 0.0658. The Bertz CT molecular complexity index is 883. The van der Waals surface area contributed by atoms with Crippen LogP contribution in [0.25, 0.3) is 0 Å². The van der Waals surface area contributed by atoms with Gasteiger partial charge in [-0.25, -0.2) is 14.8 Å². The quantitative estimate of drug-likeness (QED) is 0.864. The number of carbonyl (C=O) groups is 1. The van der Waals surface area contributed by atoms with Crippen molar-refractivity contribution in [3.8, 4) is 0 Å². The molecule has 0 unspecified atom stereocenters. The van der Waals surface area contributed by atoms with Gasteiger partial charge in [-0.15, -0.1) is 0 Å². The Morgan fingerprint density at radius 3 is 2.28 bits per heavy atom. The van der Waals surface area contributed by atoms with Gasteiger partial charge in [-0.1, -0.05) is 30.3 Å². The molecule has 0 bridgehead atoms. The zero-order valence-electron chi connectivity index (χ0n) is 17.3. The molecular weight excluding hydrogens is 362 g/mol. The normalized spacial score (nSPS) is 29.5. The molecule has 3 aliphatic rings. The van der Waals surface area contributed by atoms with Gasteiger partial charge in [-0.05, 0) is 58.2 Å². The average Bonchev–Trinajstić information content (AvgIpc) is 3.54. The van der Waals surface area contributed by atoms with Crippen molar-refractivity contribution in [2.75, 3.05) is 25.5 Å². The summed E-state index contributed by atoms with van der Waals surface area (Å²) in [6.45, 7) is 0.691. The number of urea groups is 1. The standard InChI is InChI=1S/C23H29N5O/c1-27(2)23(18-6-4-3-5-7-18)12-10-22(11-13-23)16-28(21(29)26-22)19-14-24-20(25-15-19)17-8-9-17/h3-7,14-15,17H,8-13,16H2,1-2H3,(H,26,29)/t22-,23-. The van der Waals surface area contributed by atoms with Crippen LogP contribution in [0, 0.1) is 0 Å². The highest BCUT2D eigenvalue weighted by atomic mass is 16.2. The molecule has 1 aromatic heterocycles. The first-order chi connectivity index (χ1) is 14.0. The zero-order valence-corrected chi connectivity index (χ0v) is 17.3. The number of benzene rings is 1. The molecule has 3 fully saturated rings. The van der Waals surface area contributed by atoms with E-state index in [0.29, 0.717) is 12.5 Å². The third-order valence-electron chi connectivity index (χ3n) is 7.19. The van der Waals surface area contributed by atoms with Crippen molar-refractivity contribution >= 4 is 11.7 Å². The van der Waals surface area contributed by atoms with Crippen LogP contribution in [0.1, 0.15) is 55.8 Å². The van der Waals surface area contributed by atoms with Crippen LogP contribution in [0.5, 0.6) is 0 Å². The number of rotatable bonds is 4. The monoisotopic (exact) mass is 391 g/mol. The number of amides is 2. The molecule has 6 heteroatoms. The first-order valence-corrected chi connectivity index (χ1v) is 10.7. The van der Waals surface area contributed by atoms with Crippen molar-refractivity contribution in [3.05, 3.63) is 54.1 Å². The predicted octanol–water partition coefficient (Wildman–Crippen LogP) is 3.65. The second-order valence-corrected chi connectivity index (χ2v) is 9.16. The second kappa shape index (κ2) is 6.80. The molecule has 1 aromatic carbocycles. The molecule has 0 radical (unpaired) electrons. The highest BCUT2D eigenvalue weighted by molar-refractivity contribution is 5.95. The van der Waals surface area contributed by atoms with Crippen molar-refractivity contribution in [1.82, 2.24) is 20.2 Å². The molecule has 1 aliphatic heterocycles. The van der Waals surface area contributed by atoms with E-state index in [-0.39, 0.29) is 17.1 Å². The van der Waals surface area contributed by atoms with Crippen molar-refractivity contribution in [1.29, 1.82) is 0 Å². The number of hydrogen-bond acceptors (Lipinski definition) is 4. The predicted molar refractivity (Wildman–Crippen MR) is 113 cm³/mol. The highest BCUT2D eigenvalue weighted by Crippen LogP contribution is 2.46. The average molecular weight is 392 g/mol. The molecule has 2 aromatic rings. The minimum absolute atomic E-state index is 0.0233. The van der Waals surface area contributed by atoms with Crippen LogP contribution in [0.15, 0.2) is 42.7 Å². The Morgan fingerprint density at radius 2 is 1.69 bits per heavy atom. The van der Waals surface area contributed by atoms with Crippen LogP contribution in [-0.2, 0) is 5.54 Å². The van der Waals surface area contributed by atoms with Gasteiger partial charge in [0.15, 0.2) is 0 Å². The van der Waals surface area contributed by atoms with Crippen molar-refractivity contribution < 1.29 is 4.79 Å². The van der Waals surface area contributed by atoms with E-state index >= 15 is 0 Å². The molecule has 152 valence electrons. The van der Waals surface area contributed by atoms with E-state index < -0.39 is 0 Å². The second-order valence-electron chi connectivity index (χ2n) is 9.16. The fourth-order valence-electron chi connectivity index (χ4n) is 5.11. The molecule has 2 aliphatic carbocycles. The van der Waals surface area contributed by atoms with E-state index in [1.54, 1.807) is 0 Å². The summed E-state index contributed by atoms with van der Waals surface area (Å²) in [6, 6.07) is 10.8.